The molecule has 1 saturated heterocycles. The van der Waals surface area contributed by atoms with Gasteiger partial charge in [-0.05, 0) is 33.7 Å². The molecule has 0 aliphatic carbocycles. The summed E-state index contributed by atoms with van der Waals surface area (Å²) in [6, 6.07) is 0. The number of hydrogen-bond donors (Lipinski definition) is 0. The molecule has 0 aromatic heterocycles. The van der Waals surface area contributed by atoms with Gasteiger partial charge in [0.05, 0.1) is 12.7 Å². The Hall–Kier alpha value is -0.0800. The Balaban J connectivity index is 2.05. The second kappa shape index (κ2) is 8.97. The molecule has 1 fully saturated rings. The second-order valence-corrected chi connectivity index (χ2v) is 6.63. The number of morpholine rings is 1. The highest BCUT2D eigenvalue weighted by Gasteiger charge is 2.36. The number of ether oxygens (including phenoxy) is 1. The highest BCUT2D eigenvalue weighted by Crippen LogP contribution is 2.25. The van der Waals surface area contributed by atoms with Gasteiger partial charge in [-0.3, -0.25) is 4.90 Å². The fourth-order valence-electron chi connectivity index (χ4n) is 2.93. The molecule has 1 heterocycles. The molecule has 1 unspecified atom stereocenters. The van der Waals surface area contributed by atoms with Gasteiger partial charge in [0.25, 0.3) is 0 Å². The highest BCUT2D eigenvalue weighted by atomic mass is 16.5. The Bertz CT molecular complexity index is 227. The van der Waals surface area contributed by atoms with Crippen molar-refractivity contribution in [1.29, 1.82) is 0 Å². The minimum absolute atomic E-state index is 0.208. The first-order chi connectivity index (χ1) is 9.09. The molecule has 1 rings (SSSR count). The molecule has 1 aliphatic rings. The maximum absolute atomic E-state index is 5.76. The van der Waals surface area contributed by atoms with Crippen LogP contribution in [0.15, 0.2) is 0 Å². The van der Waals surface area contributed by atoms with Gasteiger partial charge < -0.3 is 4.74 Å². The molecule has 0 aromatic carbocycles. The Kier molecular flexibility index (Phi) is 8.01. The first-order valence-electron chi connectivity index (χ1n) is 8.45. The van der Waals surface area contributed by atoms with E-state index in [1.807, 2.05) is 0 Å². The SMILES string of the molecule is CCCCCCCCCCN1CCOC(C)C1(C)C. The third kappa shape index (κ3) is 5.83. The molecule has 1 aliphatic heterocycles. The molecule has 0 bridgehead atoms. The van der Waals surface area contributed by atoms with Crippen LogP contribution in [0.3, 0.4) is 0 Å². The van der Waals surface area contributed by atoms with Gasteiger partial charge >= 0.3 is 0 Å². The summed E-state index contributed by atoms with van der Waals surface area (Å²) >= 11 is 0. The molecular weight excluding hydrogens is 234 g/mol. The summed E-state index contributed by atoms with van der Waals surface area (Å²) in [5.74, 6) is 0. The molecule has 114 valence electrons. The van der Waals surface area contributed by atoms with Crippen molar-refractivity contribution < 1.29 is 4.74 Å². The monoisotopic (exact) mass is 269 g/mol. The van der Waals surface area contributed by atoms with E-state index >= 15 is 0 Å². The van der Waals surface area contributed by atoms with Gasteiger partial charge in [0.1, 0.15) is 0 Å². The molecule has 0 aromatic rings. The van der Waals surface area contributed by atoms with Crippen LogP contribution in [0.1, 0.15) is 79.1 Å². The van der Waals surface area contributed by atoms with Crippen molar-refractivity contribution in [3.63, 3.8) is 0 Å². The van der Waals surface area contributed by atoms with Gasteiger partial charge in [0.2, 0.25) is 0 Å². The van der Waals surface area contributed by atoms with Crippen LogP contribution in [0.2, 0.25) is 0 Å². The van der Waals surface area contributed by atoms with Crippen LogP contribution >= 0.6 is 0 Å². The lowest BCUT2D eigenvalue weighted by Gasteiger charge is -2.46. The number of rotatable bonds is 9. The Morgan fingerprint density at radius 3 is 2.21 bits per heavy atom. The first kappa shape index (κ1) is 17.0. The maximum atomic E-state index is 5.76. The van der Waals surface area contributed by atoms with Gasteiger partial charge in [-0.15, -0.1) is 0 Å². The Labute approximate surface area is 120 Å². The number of hydrogen-bond acceptors (Lipinski definition) is 2. The van der Waals surface area contributed by atoms with Crippen molar-refractivity contribution >= 4 is 0 Å². The zero-order valence-corrected chi connectivity index (χ0v) is 13.7. The van der Waals surface area contributed by atoms with Crippen molar-refractivity contribution in [2.24, 2.45) is 0 Å². The largest absolute Gasteiger partial charge is 0.375 e. The summed E-state index contributed by atoms with van der Waals surface area (Å²) in [5, 5.41) is 0. The normalized spacial score (nSPS) is 23.7. The molecule has 0 N–H and O–H groups in total. The predicted octanol–water partition coefficient (Wildman–Crippen LogP) is 4.63. The van der Waals surface area contributed by atoms with Crippen molar-refractivity contribution in [2.75, 3.05) is 19.7 Å². The topological polar surface area (TPSA) is 12.5 Å². The molecule has 2 nitrogen and oxygen atoms in total. The van der Waals surface area contributed by atoms with Crippen molar-refractivity contribution in [3.8, 4) is 0 Å². The molecular formula is C17H35NO. The minimum Gasteiger partial charge on any atom is -0.375 e. The predicted molar refractivity (Wildman–Crippen MR) is 83.7 cm³/mol. The zero-order chi connectivity index (χ0) is 14.1. The Morgan fingerprint density at radius 1 is 1.00 bits per heavy atom. The molecule has 0 radical (unpaired) electrons. The van der Waals surface area contributed by atoms with Gasteiger partial charge in [0, 0.05) is 12.1 Å². The summed E-state index contributed by atoms with van der Waals surface area (Å²) in [7, 11) is 0. The lowest BCUT2D eigenvalue weighted by molar-refractivity contribution is -0.103. The van der Waals surface area contributed by atoms with E-state index in [4.69, 9.17) is 4.74 Å². The Morgan fingerprint density at radius 2 is 1.58 bits per heavy atom. The van der Waals surface area contributed by atoms with E-state index in [-0.39, 0.29) is 5.54 Å². The van der Waals surface area contributed by atoms with Gasteiger partial charge in [-0.2, -0.15) is 0 Å². The summed E-state index contributed by atoms with van der Waals surface area (Å²) in [5.41, 5.74) is 0.208. The van der Waals surface area contributed by atoms with E-state index in [0.29, 0.717) is 6.10 Å². The fourth-order valence-corrected chi connectivity index (χ4v) is 2.93. The van der Waals surface area contributed by atoms with E-state index in [0.717, 1.165) is 13.2 Å². The smallest absolute Gasteiger partial charge is 0.0725 e. The molecule has 19 heavy (non-hydrogen) atoms. The van der Waals surface area contributed by atoms with E-state index in [1.54, 1.807) is 0 Å². The highest BCUT2D eigenvalue weighted by molar-refractivity contribution is 4.90. The summed E-state index contributed by atoms with van der Waals surface area (Å²) in [6.45, 7) is 12.4. The van der Waals surface area contributed by atoms with Crippen LogP contribution in [0.4, 0.5) is 0 Å². The van der Waals surface area contributed by atoms with Crippen LogP contribution in [0, 0.1) is 0 Å². The number of nitrogens with zero attached hydrogens (tertiary/aromatic N) is 1. The maximum Gasteiger partial charge on any atom is 0.0725 e. The molecule has 0 spiro atoms. The van der Waals surface area contributed by atoms with Crippen LogP contribution < -0.4 is 0 Å². The third-order valence-corrected chi connectivity index (χ3v) is 4.82. The average molecular weight is 269 g/mol. The summed E-state index contributed by atoms with van der Waals surface area (Å²) in [4.78, 5) is 2.62. The number of unbranched alkanes of at least 4 members (excludes halogenated alkanes) is 7. The molecule has 1 atom stereocenters. The quantitative estimate of drug-likeness (QED) is 0.566. The summed E-state index contributed by atoms with van der Waals surface area (Å²) in [6.07, 6.45) is 11.6. The molecule has 0 amide bonds. The van der Waals surface area contributed by atoms with E-state index in [9.17, 15) is 0 Å². The van der Waals surface area contributed by atoms with Gasteiger partial charge in [0.15, 0.2) is 0 Å². The fraction of sp³-hybridized carbons (Fsp3) is 1.00. The van der Waals surface area contributed by atoms with Gasteiger partial charge in [-0.25, -0.2) is 0 Å². The lowest BCUT2D eigenvalue weighted by atomic mass is 9.94. The van der Waals surface area contributed by atoms with Crippen molar-refractivity contribution in [1.82, 2.24) is 4.90 Å². The van der Waals surface area contributed by atoms with E-state index < -0.39 is 0 Å². The third-order valence-electron chi connectivity index (χ3n) is 4.82. The zero-order valence-electron chi connectivity index (χ0n) is 13.7. The van der Waals surface area contributed by atoms with Crippen molar-refractivity contribution in [2.45, 2.75) is 90.7 Å². The lowest BCUT2D eigenvalue weighted by Crippen LogP contribution is -2.57. The minimum atomic E-state index is 0.208. The van der Waals surface area contributed by atoms with Crippen LogP contribution in [-0.2, 0) is 4.74 Å². The van der Waals surface area contributed by atoms with Crippen LogP contribution in [0.5, 0.6) is 0 Å². The molecule has 0 saturated carbocycles. The molecule has 2 heteroatoms. The standard InChI is InChI=1S/C17H35NO/c1-5-6-7-8-9-10-11-12-13-18-14-15-19-16(2)17(18,3)4/h16H,5-15H2,1-4H3. The second-order valence-electron chi connectivity index (χ2n) is 6.63. The van der Waals surface area contributed by atoms with E-state index in [1.165, 1.54) is 57.9 Å². The summed E-state index contributed by atoms with van der Waals surface area (Å²) < 4.78 is 5.76. The first-order valence-corrected chi connectivity index (χ1v) is 8.45. The van der Waals surface area contributed by atoms with E-state index in [2.05, 4.69) is 32.6 Å². The van der Waals surface area contributed by atoms with Crippen LogP contribution in [0.25, 0.3) is 0 Å². The van der Waals surface area contributed by atoms with Crippen molar-refractivity contribution in [3.05, 3.63) is 0 Å². The van der Waals surface area contributed by atoms with Gasteiger partial charge in [-0.1, -0.05) is 51.9 Å². The van der Waals surface area contributed by atoms with Crippen LogP contribution in [-0.4, -0.2) is 36.2 Å². The average Bonchev–Trinajstić information content (AvgIpc) is 2.37.